The van der Waals surface area contributed by atoms with Crippen molar-refractivity contribution < 1.29 is 9.18 Å². The van der Waals surface area contributed by atoms with Crippen molar-refractivity contribution in [2.24, 2.45) is 0 Å². The maximum absolute atomic E-state index is 14.6. The summed E-state index contributed by atoms with van der Waals surface area (Å²) < 4.78 is 14.6. The Balaban J connectivity index is 1.39. The quantitative estimate of drug-likeness (QED) is 0.821. The van der Waals surface area contributed by atoms with Crippen LogP contribution in [0.5, 0.6) is 0 Å². The number of benzene rings is 2. The minimum Gasteiger partial charge on any atom is -0.323 e. The van der Waals surface area contributed by atoms with Gasteiger partial charge in [-0.3, -0.25) is 4.79 Å². The topological polar surface area (TPSA) is 41.1 Å². The van der Waals surface area contributed by atoms with Gasteiger partial charge < -0.3 is 10.6 Å². The van der Waals surface area contributed by atoms with Crippen LogP contribution in [0, 0.1) is 5.82 Å². The average Bonchev–Trinajstić information content (AvgIpc) is 3.10. The Hall–Kier alpha value is -1.85. The summed E-state index contributed by atoms with van der Waals surface area (Å²) >= 11 is 1.50. The van der Waals surface area contributed by atoms with E-state index >= 15 is 0 Å². The molecule has 0 saturated carbocycles. The Labute approximate surface area is 151 Å². The molecule has 1 aliphatic heterocycles. The van der Waals surface area contributed by atoms with E-state index in [2.05, 4.69) is 28.8 Å². The number of hydrogen-bond donors (Lipinski definition) is 2. The van der Waals surface area contributed by atoms with Crippen molar-refractivity contribution in [2.45, 2.75) is 37.1 Å². The van der Waals surface area contributed by atoms with Crippen molar-refractivity contribution in [3.05, 3.63) is 58.4 Å². The molecule has 25 heavy (non-hydrogen) atoms. The lowest BCUT2D eigenvalue weighted by atomic mass is 9.99. The second kappa shape index (κ2) is 7.18. The minimum atomic E-state index is -0.283. The second-order valence-electron chi connectivity index (χ2n) is 6.61. The summed E-state index contributed by atoms with van der Waals surface area (Å²) in [6, 6.07) is 9.99. The molecule has 0 saturated heterocycles. The first-order valence-corrected chi connectivity index (χ1v) is 9.75. The summed E-state index contributed by atoms with van der Waals surface area (Å²) in [7, 11) is 0. The van der Waals surface area contributed by atoms with Crippen molar-refractivity contribution >= 4 is 23.4 Å². The van der Waals surface area contributed by atoms with E-state index in [-0.39, 0.29) is 17.5 Å². The van der Waals surface area contributed by atoms with Crippen LogP contribution in [-0.4, -0.2) is 18.2 Å². The highest BCUT2D eigenvalue weighted by atomic mass is 32.2. The van der Waals surface area contributed by atoms with Gasteiger partial charge in [0.25, 0.3) is 0 Å². The third kappa shape index (κ3) is 3.58. The van der Waals surface area contributed by atoms with Crippen LogP contribution in [-0.2, 0) is 30.6 Å². The van der Waals surface area contributed by atoms with E-state index in [0.717, 1.165) is 35.4 Å². The number of rotatable bonds is 4. The van der Waals surface area contributed by atoms with Crippen molar-refractivity contribution in [3.8, 4) is 0 Å². The van der Waals surface area contributed by atoms with E-state index in [9.17, 15) is 9.18 Å². The van der Waals surface area contributed by atoms with E-state index in [4.69, 9.17) is 0 Å². The summed E-state index contributed by atoms with van der Waals surface area (Å²) in [5.41, 5.74) is 4.83. The predicted octanol–water partition coefficient (Wildman–Crippen LogP) is 3.69. The number of nitrogens with one attached hydrogen (secondary N) is 2. The first-order valence-electron chi connectivity index (χ1n) is 8.76. The zero-order chi connectivity index (χ0) is 17.2. The van der Waals surface area contributed by atoms with E-state index in [1.54, 1.807) is 6.07 Å². The lowest BCUT2D eigenvalue weighted by molar-refractivity contribution is -0.113. The van der Waals surface area contributed by atoms with Crippen LogP contribution in [0.25, 0.3) is 0 Å². The van der Waals surface area contributed by atoms with Crippen LogP contribution in [0.3, 0.4) is 0 Å². The molecule has 130 valence electrons. The number of carbonyl (C=O) groups excluding carboxylic acids is 1. The Morgan fingerprint density at radius 1 is 1.12 bits per heavy atom. The van der Waals surface area contributed by atoms with E-state index in [1.165, 1.54) is 29.3 Å². The maximum atomic E-state index is 14.6. The third-order valence-corrected chi connectivity index (χ3v) is 5.92. The molecule has 2 aromatic carbocycles. The van der Waals surface area contributed by atoms with Gasteiger partial charge in [-0.2, -0.15) is 0 Å². The highest BCUT2D eigenvalue weighted by Crippen LogP contribution is 2.28. The lowest BCUT2D eigenvalue weighted by Gasteiger charge is -2.19. The standard InChI is InChI=1S/C20H21FN2OS/c21-20-17-8-9-22-11-15(17)5-7-18(20)23-19(24)12-25-16-6-4-13-2-1-3-14(13)10-16/h4-7,10,22H,1-3,8-9,11-12H2,(H,23,24). The summed E-state index contributed by atoms with van der Waals surface area (Å²) in [6.07, 6.45) is 4.17. The number of thioether (sulfide) groups is 1. The van der Waals surface area contributed by atoms with Gasteiger partial charge in [-0.1, -0.05) is 12.1 Å². The van der Waals surface area contributed by atoms with Gasteiger partial charge >= 0.3 is 0 Å². The fraction of sp³-hybridized carbons (Fsp3) is 0.350. The van der Waals surface area contributed by atoms with Gasteiger partial charge in [0.1, 0.15) is 5.82 Å². The van der Waals surface area contributed by atoms with E-state index in [1.807, 2.05) is 6.07 Å². The Bertz CT molecular complexity index is 822. The Morgan fingerprint density at radius 2 is 1.96 bits per heavy atom. The highest BCUT2D eigenvalue weighted by molar-refractivity contribution is 8.00. The molecule has 3 nitrogen and oxygen atoms in total. The fourth-order valence-corrected chi connectivity index (χ4v) is 4.36. The summed E-state index contributed by atoms with van der Waals surface area (Å²) in [4.78, 5) is 13.3. The summed E-state index contributed by atoms with van der Waals surface area (Å²) in [5, 5.41) is 5.95. The van der Waals surface area contributed by atoms with Gasteiger partial charge in [-0.25, -0.2) is 4.39 Å². The van der Waals surface area contributed by atoms with E-state index in [0.29, 0.717) is 18.7 Å². The smallest absolute Gasteiger partial charge is 0.234 e. The molecule has 1 amide bonds. The van der Waals surface area contributed by atoms with Crippen LogP contribution < -0.4 is 10.6 Å². The van der Waals surface area contributed by atoms with Crippen LogP contribution in [0.1, 0.15) is 28.7 Å². The first kappa shape index (κ1) is 16.6. The molecule has 0 unspecified atom stereocenters. The van der Waals surface area contributed by atoms with Crippen LogP contribution in [0.2, 0.25) is 0 Å². The maximum Gasteiger partial charge on any atom is 0.234 e. The fourth-order valence-electron chi connectivity index (χ4n) is 3.60. The number of amides is 1. The monoisotopic (exact) mass is 356 g/mol. The molecule has 5 heteroatoms. The summed E-state index contributed by atoms with van der Waals surface area (Å²) in [5.74, 6) is -0.162. The number of anilines is 1. The van der Waals surface area contributed by atoms with Crippen molar-refractivity contribution in [1.29, 1.82) is 0 Å². The molecule has 2 aromatic rings. The Kier molecular flexibility index (Phi) is 4.77. The average molecular weight is 356 g/mol. The predicted molar refractivity (Wildman–Crippen MR) is 99.6 cm³/mol. The molecule has 1 aliphatic carbocycles. The minimum absolute atomic E-state index is 0.168. The first-order chi connectivity index (χ1) is 12.2. The van der Waals surface area contributed by atoms with Gasteiger partial charge in [-0.05, 0) is 72.7 Å². The molecular weight excluding hydrogens is 335 g/mol. The van der Waals surface area contributed by atoms with Crippen LogP contribution in [0.15, 0.2) is 35.2 Å². The van der Waals surface area contributed by atoms with Gasteiger partial charge in [0.05, 0.1) is 11.4 Å². The van der Waals surface area contributed by atoms with Crippen LogP contribution in [0.4, 0.5) is 10.1 Å². The van der Waals surface area contributed by atoms with Gasteiger partial charge in [0.2, 0.25) is 5.91 Å². The SMILES string of the molecule is O=C(CSc1ccc2c(c1)CCC2)Nc1ccc2c(c1F)CCNC2. The van der Waals surface area contributed by atoms with Crippen molar-refractivity contribution in [3.63, 3.8) is 0 Å². The van der Waals surface area contributed by atoms with Gasteiger partial charge in [0.15, 0.2) is 0 Å². The van der Waals surface area contributed by atoms with Crippen molar-refractivity contribution in [1.82, 2.24) is 5.32 Å². The number of halogens is 1. The molecule has 2 aliphatic rings. The molecule has 0 bridgehead atoms. The third-order valence-electron chi connectivity index (χ3n) is 4.92. The van der Waals surface area contributed by atoms with E-state index < -0.39 is 0 Å². The molecule has 0 atom stereocenters. The number of hydrogen-bond acceptors (Lipinski definition) is 3. The molecule has 2 N–H and O–H groups in total. The molecule has 1 heterocycles. The molecule has 0 spiro atoms. The van der Waals surface area contributed by atoms with Crippen LogP contribution >= 0.6 is 11.8 Å². The molecular formula is C20H21FN2OS. The highest BCUT2D eigenvalue weighted by Gasteiger charge is 2.18. The van der Waals surface area contributed by atoms with Gasteiger partial charge in [0, 0.05) is 11.4 Å². The largest absolute Gasteiger partial charge is 0.323 e. The molecule has 0 aromatic heterocycles. The normalized spacial score (nSPS) is 15.6. The molecule has 0 fully saturated rings. The molecule has 4 rings (SSSR count). The molecule has 0 radical (unpaired) electrons. The summed E-state index contributed by atoms with van der Waals surface area (Å²) in [6.45, 7) is 1.46. The zero-order valence-corrected chi connectivity index (χ0v) is 14.8. The zero-order valence-electron chi connectivity index (χ0n) is 14.0. The Morgan fingerprint density at radius 3 is 2.88 bits per heavy atom. The lowest BCUT2D eigenvalue weighted by Crippen LogP contribution is -2.25. The second-order valence-corrected chi connectivity index (χ2v) is 7.66. The van der Waals surface area contributed by atoms with Crippen molar-refractivity contribution in [2.75, 3.05) is 17.6 Å². The number of aryl methyl sites for hydroxylation is 2. The number of carbonyl (C=O) groups is 1. The van der Waals surface area contributed by atoms with Gasteiger partial charge in [-0.15, -0.1) is 11.8 Å². The number of fused-ring (bicyclic) bond motifs is 2.